The molecule has 0 heterocycles. The zero-order chi connectivity index (χ0) is 28.0. The van der Waals surface area contributed by atoms with Crippen molar-refractivity contribution in [2.45, 2.75) is 49.9 Å². The number of primary amides is 1. The van der Waals surface area contributed by atoms with Crippen molar-refractivity contribution in [1.29, 1.82) is 0 Å². The van der Waals surface area contributed by atoms with Crippen molar-refractivity contribution >= 4 is 35.6 Å². The lowest BCUT2D eigenvalue weighted by atomic mass is 10.1. The van der Waals surface area contributed by atoms with Gasteiger partial charge in [-0.15, -0.1) is 0 Å². The van der Waals surface area contributed by atoms with Crippen molar-refractivity contribution in [3.05, 3.63) is 35.9 Å². The molecular weight excluding hydrogens is 488 g/mol. The van der Waals surface area contributed by atoms with Gasteiger partial charge < -0.3 is 49.1 Å². The summed E-state index contributed by atoms with van der Waals surface area (Å²) in [6, 6.07) is 3.01. The number of rotatable bonds is 16. The number of carbonyl (C=O) groups is 5. The van der Waals surface area contributed by atoms with Gasteiger partial charge in [-0.2, -0.15) is 0 Å². The second-order valence-corrected chi connectivity index (χ2v) is 8.12. The van der Waals surface area contributed by atoms with Crippen molar-refractivity contribution in [1.82, 2.24) is 16.0 Å². The van der Waals surface area contributed by atoms with Gasteiger partial charge in [0.15, 0.2) is 5.96 Å². The maximum absolute atomic E-state index is 12.7. The van der Waals surface area contributed by atoms with Crippen molar-refractivity contribution in [2.24, 2.45) is 27.9 Å². The standard InChI is InChI=1S/C22H34N8O7/c23-13(7-4-8-27-22(25)26)18(33)28-14(10-17(24)32)19(34)30-16(11-31)20(35)29-15(21(36)37)9-12-5-2-1-3-6-12/h1-3,5-6,13-16,31H,4,7-11,23H2,(H2,24,32)(H,28,33)(H,29,35)(H,30,34)(H,36,37)(H4,25,26,27). The van der Waals surface area contributed by atoms with Crippen LogP contribution in [0.5, 0.6) is 0 Å². The molecule has 13 N–H and O–H groups in total. The van der Waals surface area contributed by atoms with Crippen LogP contribution in [0.3, 0.4) is 0 Å². The third-order valence-electron chi connectivity index (χ3n) is 5.06. The zero-order valence-corrected chi connectivity index (χ0v) is 20.1. The average molecular weight is 523 g/mol. The molecule has 15 nitrogen and oxygen atoms in total. The molecule has 0 fully saturated rings. The number of nitrogens with zero attached hydrogens (tertiary/aromatic N) is 1. The van der Waals surface area contributed by atoms with E-state index in [-0.39, 0.29) is 25.3 Å². The largest absolute Gasteiger partial charge is 0.480 e. The Morgan fingerprint density at radius 1 is 0.865 bits per heavy atom. The zero-order valence-electron chi connectivity index (χ0n) is 20.1. The van der Waals surface area contributed by atoms with Crippen LogP contribution < -0.4 is 38.9 Å². The predicted molar refractivity (Wildman–Crippen MR) is 132 cm³/mol. The molecule has 15 heteroatoms. The fourth-order valence-corrected chi connectivity index (χ4v) is 3.13. The van der Waals surface area contributed by atoms with Gasteiger partial charge in [-0.25, -0.2) is 4.79 Å². The molecule has 37 heavy (non-hydrogen) atoms. The minimum absolute atomic E-state index is 0.0462. The molecule has 0 aliphatic carbocycles. The predicted octanol–water partition coefficient (Wildman–Crippen LogP) is -3.98. The number of aliphatic hydroxyl groups excluding tert-OH is 1. The molecule has 1 rings (SSSR count). The Morgan fingerprint density at radius 2 is 1.43 bits per heavy atom. The number of aliphatic hydroxyl groups is 1. The first-order valence-corrected chi connectivity index (χ1v) is 11.3. The first-order chi connectivity index (χ1) is 17.4. The molecule has 0 aromatic heterocycles. The number of carboxylic acid groups (broad SMARTS) is 1. The summed E-state index contributed by atoms with van der Waals surface area (Å²) < 4.78 is 0. The molecular formula is C22H34N8O7. The Balaban J connectivity index is 2.81. The van der Waals surface area contributed by atoms with Gasteiger partial charge in [0.2, 0.25) is 23.6 Å². The average Bonchev–Trinajstić information content (AvgIpc) is 2.83. The number of amides is 4. The smallest absolute Gasteiger partial charge is 0.326 e. The highest BCUT2D eigenvalue weighted by atomic mass is 16.4. The van der Waals surface area contributed by atoms with Crippen LogP contribution in [0.1, 0.15) is 24.8 Å². The highest BCUT2D eigenvalue weighted by Gasteiger charge is 2.30. The van der Waals surface area contributed by atoms with E-state index in [2.05, 4.69) is 20.9 Å². The van der Waals surface area contributed by atoms with E-state index < -0.39 is 66.8 Å². The van der Waals surface area contributed by atoms with E-state index in [0.29, 0.717) is 12.0 Å². The third-order valence-corrected chi connectivity index (χ3v) is 5.06. The summed E-state index contributed by atoms with van der Waals surface area (Å²) in [4.78, 5) is 64.6. The maximum Gasteiger partial charge on any atom is 0.326 e. The van der Waals surface area contributed by atoms with Crippen molar-refractivity contribution < 1.29 is 34.2 Å². The second kappa shape index (κ2) is 15.7. The van der Waals surface area contributed by atoms with Crippen LogP contribution in [0.2, 0.25) is 0 Å². The number of nitrogens with one attached hydrogen (secondary N) is 3. The molecule has 4 atom stereocenters. The van der Waals surface area contributed by atoms with Crippen LogP contribution in [0, 0.1) is 0 Å². The summed E-state index contributed by atoms with van der Waals surface area (Å²) in [5, 5.41) is 25.8. The molecule has 4 unspecified atom stereocenters. The Hall–Kier alpha value is -4.24. The molecule has 4 amide bonds. The van der Waals surface area contributed by atoms with E-state index in [9.17, 15) is 34.2 Å². The molecule has 0 saturated carbocycles. The van der Waals surface area contributed by atoms with Crippen LogP contribution in [-0.2, 0) is 30.4 Å². The number of carboxylic acids is 1. The first-order valence-electron chi connectivity index (χ1n) is 11.3. The van der Waals surface area contributed by atoms with Gasteiger partial charge in [0, 0.05) is 13.0 Å². The molecule has 0 aliphatic heterocycles. The molecule has 204 valence electrons. The summed E-state index contributed by atoms with van der Waals surface area (Å²) >= 11 is 0. The summed E-state index contributed by atoms with van der Waals surface area (Å²) in [6.07, 6.45) is -0.147. The van der Waals surface area contributed by atoms with Crippen LogP contribution in [-0.4, -0.2) is 83.1 Å². The van der Waals surface area contributed by atoms with E-state index in [4.69, 9.17) is 22.9 Å². The normalized spacial score (nSPS) is 13.8. The fourth-order valence-electron chi connectivity index (χ4n) is 3.13. The SMILES string of the molecule is NC(=O)CC(NC(=O)C(N)CCCN=C(N)N)C(=O)NC(CO)C(=O)NC(Cc1ccccc1)C(=O)O. The lowest BCUT2D eigenvalue weighted by Gasteiger charge is -2.24. The molecule has 0 bridgehead atoms. The van der Waals surface area contributed by atoms with Gasteiger partial charge in [-0.1, -0.05) is 30.3 Å². The van der Waals surface area contributed by atoms with Gasteiger partial charge in [0.1, 0.15) is 18.1 Å². The van der Waals surface area contributed by atoms with E-state index in [1.807, 2.05) is 0 Å². The number of hydrogen-bond donors (Lipinski definition) is 9. The third kappa shape index (κ3) is 11.8. The van der Waals surface area contributed by atoms with E-state index in [1.165, 1.54) is 0 Å². The van der Waals surface area contributed by atoms with Crippen LogP contribution in [0.4, 0.5) is 0 Å². The lowest BCUT2D eigenvalue weighted by molar-refractivity contribution is -0.142. The van der Waals surface area contributed by atoms with Gasteiger partial charge >= 0.3 is 5.97 Å². The van der Waals surface area contributed by atoms with Gasteiger partial charge in [0.05, 0.1) is 19.1 Å². The van der Waals surface area contributed by atoms with Crippen molar-refractivity contribution in [2.75, 3.05) is 13.2 Å². The van der Waals surface area contributed by atoms with Crippen molar-refractivity contribution in [3.63, 3.8) is 0 Å². The van der Waals surface area contributed by atoms with Crippen molar-refractivity contribution in [3.8, 4) is 0 Å². The number of aliphatic imine (C=N–C) groups is 1. The topological polar surface area (TPSA) is 278 Å². The first kappa shape index (κ1) is 30.8. The Kier molecular flexibility index (Phi) is 13.1. The number of hydrogen-bond acceptors (Lipinski definition) is 8. The summed E-state index contributed by atoms with van der Waals surface area (Å²) in [5.74, 6) is -5.14. The number of carbonyl (C=O) groups excluding carboxylic acids is 4. The number of guanidine groups is 1. The Labute approximate surface area is 213 Å². The molecule has 1 aromatic rings. The Bertz CT molecular complexity index is 969. The van der Waals surface area contributed by atoms with Crippen LogP contribution >= 0.6 is 0 Å². The molecule has 1 aromatic carbocycles. The quantitative estimate of drug-likeness (QED) is 0.0576. The monoisotopic (exact) mass is 522 g/mol. The Morgan fingerprint density at radius 3 is 1.97 bits per heavy atom. The fraction of sp³-hybridized carbons (Fsp3) is 0.455. The van der Waals surface area contributed by atoms with E-state index in [1.54, 1.807) is 30.3 Å². The molecule has 0 saturated heterocycles. The molecule has 0 spiro atoms. The number of nitrogens with two attached hydrogens (primary N) is 4. The van der Waals surface area contributed by atoms with Gasteiger partial charge in [0.25, 0.3) is 0 Å². The van der Waals surface area contributed by atoms with Gasteiger partial charge in [-0.05, 0) is 18.4 Å². The maximum atomic E-state index is 12.7. The van der Waals surface area contributed by atoms with E-state index >= 15 is 0 Å². The van der Waals surface area contributed by atoms with Gasteiger partial charge in [-0.3, -0.25) is 24.2 Å². The molecule has 0 aliphatic rings. The number of aliphatic carboxylic acids is 1. The second-order valence-electron chi connectivity index (χ2n) is 8.12. The molecule has 0 radical (unpaired) electrons. The lowest BCUT2D eigenvalue weighted by Crippen LogP contribution is -2.58. The summed E-state index contributed by atoms with van der Waals surface area (Å²) in [7, 11) is 0. The number of benzene rings is 1. The minimum Gasteiger partial charge on any atom is -0.480 e. The van der Waals surface area contributed by atoms with Crippen LogP contribution in [0.25, 0.3) is 0 Å². The highest BCUT2D eigenvalue weighted by molar-refractivity contribution is 5.96. The highest BCUT2D eigenvalue weighted by Crippen LogP contribution is 2.05. The minimum atomic E-state index is -1.58. The summed E-state index contributed by atoms with van der Waals surface area (Å²) in [5.41, 5.74) is 22.0. The van der Waals surface area contributed by atoms with Crippen LogP contribution in [0.15, 0.2) is 35.3 Å². The summed E-state index contributed by atoms with van der Waals surface area (Å²) in [6.45, 7) is -0.666. The van der Waals surface area contributed by atoms with E-state index in [0.717, 1.165) is 0 Å².